The Kier molecular flexibility index (Phi) is 7.51. The number of aliphatic imine (C=N–C) groups is 1. The van der Waals surface area contributed by atoms with Gasteiger partial charge in [0.15, 0.2) is 5.96 Å². The van der Waals surface area contributed by atoms with Crippen molar-refractivity contribution < 1.29 is 9.52 Å². The van der Waals surface area contributed by atoms with Crippen LogP contribution in [0.15, 0.2) is 33.7 Å². The normalized spacial score (nSPS) is 12.6. The van der Waals surface area contributed by atoms with Crippen LogP contribution < -0.4 is 10.6 Å². The molecule has 0 amide bonds. The summed E-state index contributed by atoms with van der Waals surface area (Å²) in [5, 5.41) is 17.3. The van der Waals surface area contributed by atoms with Crippen LogP contribution in [0.2, 0.25) is 0 Å². The van der Waals surface area contributed by atoms with E-state index in [1.807, 2.05) is 18.2 Å². The molecule has 0 bridgehead atoms. The van der Waals surface area contributed by atoms with Crippen molar-refractivity contribution in [3.63, 3.8) is 0 Å². The number of hydrogen-bond acceptors (Lipinski definition) is 3. The number of nitrogens with one attached hydrogen (secondary N) is 2. The van der Waals surface area contributed by atoms with Gasteiger partial charge in [0.2, 0.25) is 0 Å². The molecule has 0 spiro atoms. The maximum absolute atomic E-state index is 9.40. The SMILES string of the molecule is CCNC(=NCc1oc2ccccc2c1C)NCC(CC)(CC)CCO. The summed E-state index contributed by atoms with van der Waals surface area (Å²) in [7, 11) is 0. The van der Waals surface area contributed by atoms with E-state index in [2.05, 4.69) is 44.4 Å². The van der Waals surface area contributed by atoms with Crippen molar-refractivity contribution in [1.82, 2.24) is 10.6 Å². The lowest BCUT2D eigenvalue weighted by molar-refractivity contribution is 0.169. The van der Waals surface area contributed by atoms with E-state index in [0.717, 1.165) is 60.6 Å². The van der Waals surface area contributed by atoms with E-state index in [4.69, 9.17) is 9.41 Å². The van der Waals surface area contributed by atoms with E-state index in [1.165, 1.54) is 0 Å². The Balaban J connectivity index is 2.11. The number of furan rings is 1. The highest BCUT2D eigenvalue weighted by atomic mass is 16.3. The number of aliphatic hydroxyl groups is 1. The van der Waals surface area contributed by atoms with Gasteiger partial charge in [-0.2, -0.15) is 0 Å². The lowest BCUT2D eigenvalue weighted by Gasteiger charge is -2.32. The molecular formula is C21H33N3O2. The fourth-order valence-corrected chi connectivity index (χ4v) is 3.32. The van der Waals surface area contributed by atoms with E-state index < -0.39 is 0 Å². The number of hydrogen-bond donors (Lipinski definition) is 3. The van der Waals surface area contributed by atoms with E-state index in [-0.39, 0.29) is 12.0 Å². The molecule has 5 heteroatoms. The molecule has 0 unspecified atom stereocenters. The second-order valence-corrected chi connectivity index (χ2v) is 6.88. The molecule has 0 saturated heterocycles. The first kappa shape index (κ1) is 20.3. The van der Waals surface area contributed by atoms with Crippen LogP contribution in [-0.4, -0.2) is 30.8 Å². The predicted molar refractivity (Wildman–Crippen MR) is 108 cm³/mol. The Morgan fingerprint density at radius 2 is 1.88 bits per heavy atom. The molecule has 1 aromatic carbocycles. The van der Waals surface area contributed by atoms with Crippen molar-refractivity contribution in [1.29, 1.82) is 0 Å². The van der Waals surface area contributed by atoms with E-state index in [0.29, 0.717) is 6.54 Å². The number of nitrogens with zero attached hydrogens (tertiary/aromatic N) is 1. The van der Waals surface area contributed by atoms with E-state index in [1.54, 1.807) is 0 Å². The molecule has 1 heterocycles. The van der Waals surface area contributed by atoms with Crippen LogP contribution in [0.5, 0.6) is 0 Å². The van der Waals surface area contributed by atoms with Gasteiger partial charge < -0.3 is 20.2 Å². The number of para-hydroxylation sites is 1. The van der Waals surface area contributed by atoms with Gasteiger partial charge in [-0.15, -0.1) is 0 Å². The lowest BCUT2D eigenvalue weighted by Crippen LogP contribution is -2.43. The van der Waals surface area contributed by atoms with Crippen LogP contribution in [0.4, 0.5) is 0 Å². The van der Waals surface area contributed by atoms with Crippen molar-refractivity contribution in [2.75, 3.05) is 19.7 Å². The van der Waals surface area contributed by atoms with Gasteiger partial charge in [0.25, 0.3) is 0 Å². The third-order valence-electron chi connectivity index (χ3n) is 5.44. The third kappa shape index (κ3) is 4.79. The van der Waals surface area contributed by atoms with Gasteiger partial charge in [-0.1, -0.05) is 32.0 Å². The second kappa shape index (κ2) is 9.62. The molecule has 1 aromatic heterocycles. The Morgan fingerprint density at radius 1 is 1.15 bits per heavy atom. The summed E-state index contributed by atoms with van der Waals surface area (Å²) in [5.41, 5.74) is 2.16. The van der Waals surface area contributed by atoms with Gasteiger partial charge in [0, 0.05) is 30.6 Å². The molecule has 2 aromatic rings. The molecule has 0 aliphatic carbocycles. The zero-order chi connectivity index (χ0) is 19.0. The highest BCUT2D eigenvalue weighted by Crippen LogP contribution is 2.29. The van der Waals surface area contributed by atoms with Crippen molar-refractivity contribution in [2.24, 2.45) is 10.4 Å². The minimum absolute atomic E-state index is 0.0974. The molecule has 0 aliphatic heterocycles. The average Bonchev–Trinajstić information content (AvgIpc) is 2.99. The number of rotatable bonds is 9. The molecular weight excluding hydrogens is 326 g/mol. The Bertz CT molecular complexity index is 717. The minimum atomic E-state index is 0.0974. The molecule has 144 valence electrons. The lowest BCUT2D eigenvalue weighted by atomic mass is 9.79. The topological polar surface area (TPSA) is 69.8 Å². The predicted octanol–water partition coefficient (Wildman–Crippen LogP) is 3.99. The number of guanidine groups is 1. The van der Waals surface area contributed by atoms with Crippen LogP contribution in [0.25, 0.3) is 11.0 Å². The van der Waals surface area contributed by atoms with Crippen molar-refractivity contribution in [3.05, 3.63) is 35.6 Å². The van der Waals surface area contributed by atoms with Crippen LogP contribution in [0.3, 0.4) is 0 Å². The highest BCUT2D eigenvalue weighted by Gasteiger charge is 2.25. The van der Waals surface area contributed by atoms with Crippen LogP contribution in [0.1, 0.15) is 51.4 Å². The maximum Gasteiger partial charge on any atom is 0.191 e. The van der Waals surface area contributed by atoms with Crippen molar-refractivity contribution in [2.45, 2.75) is 53.5 Å². The summed E-state index contributed by atoms with van der Waals surface area (Å²) in [6, 6.07) is 8.08. The Hall–Kier alpha value is -2.01. The van der Waals surface area contributed by atoms with E-state index in [9.17, 15) is 5.11 Å². The van der Waals surface area contributed by atoms with Gasteiger partial charge in [-0.05, 0) is 44.6 Å². The quantitative estimate of drug-likeness (QED) is 0.468. The van der Waals surface area contributed by atoms with Crippen LogP contribution >= 0.6 is 0 Å². The monoisotopic (exact) mass is 359 g/mol. The Morgan fingerprint density at radius 3 is 2.50 bits per heavy atom. The minimum Gasteiger partial charge on any atom is -0.459 e. The highest BCUT2D eigenvalue weighted by molar-refractivity contribution is 5.82. The third-order valence-corrected chi connectivity index (χ3v) is 5.44. The summed E-state index contributed by atoms with van der Waals surface area (Å²) in [6.07, 6.45) is 2.85. The molecule has 0 radical (unpaired) electrons. The summed E-state index contributed by atoms with van der Waals surface area (Å²) < 4.78 is 5.96. The molecule has 0 aliphatic rings. The molecule has 0 fully saturated rings. The molecule has 26 heavy (non-hydrogen) atoms. The molecule has 2 rings (SSSR count). The molecule has 0 atom stereocenters. The average molecular weight is 360 g/mol. The smallest absolute Gasteiger partial charge is 0.191 e. The summed E-state index contributed by atoms with van der Waals surface area (Å²) in [6.45, 7) is 10.8. The summed E-state index contributed by atoms with van der Waals surface area (Å²) in [5.74, 6) is 1.69. The van der Waals surface area contributed by atoms with E-state index >= 15 is 0 Å². The number of benzene rings is 1. The number of fused-ring (bicyclic) bond motifs is 1. The summed E-state index contributed by atoms with van der Waals surface area (Å²) in [4.78, 5) is 4.71. The second-order valence-electron chi connectivity index (χ2n) is 6.88. The number of aryl methyl sites for hydroxylation is 1. The van der Waals surface area contributed by atoms with Crippen LogP contribution in [-0.2, 0) is 6.54 Å². The van der Waals surface area contributed by atoms with Crippen molar-refractivity contribution in [3.8, 4) is 0 Å². The fourth-order valence-electron chi connectivity index (χ4n) is 3.32. The first-order valence-electron chi connectivity index (χ1n) is 9.69. The molecule has 3 N–H and O–H groups in total. The number of aliphatic hydroxyl groups excluding tert-OH is 1. The Labute approximate surface area is 156 Å². The van der Waals surface area contributed by atoms with Gasteiger partial charge in [-0.3, -0.25) is 0 Å². The van der Waals surface area contributed by atoms with Gasteiger partial charge >= 0.3 is 0 Å². The van der Waals surface area contributed by atoms with Crippen LogP contribution in [0, 0.1) is 12.3 Å². The first-order valence-corrected chi connectivity index (χ1v) is 9.69. The van der Waals surface area contributed by atoms with Gasteiger partial charge in [0.1, 0.15) is 17.9 Å². The van der Waals surface area contributed by atoms with Crippen molar-refractivity contribution >= 4 is 16.9 Å². The van der Waals surface area contributed by atoms with Gasteiger partial charge in [-0.25, -0.2) is 4.99 Å². The summed E-state index contributed by atoms with van der Waals surface area (Å²) >= 11 is 0. The molecule has 0 saturated carbocycles. The van der Waals surface area contributed by atoms with Gasteiger partial charge in [0.05, 0.1) is 0 Å². The zero-order valence-electron chi connectivity index (χ0n) is 16.6. The fraction of sp³-hybridized carbons (Fsp3) is 0.571. The standard InChI is InChI=1S/C21H33N3O2/c1-5-21(6-2,12-13-25)15-24-20(22-7-3)23-14-19-16(4)17-10-8-9-11-18(17)26-19/h8-11,25H,5-7,12-15H2,1-4H3,(H2,22,23,24). The maximum atomic E-state index is 9.40. The molecule has 5 nitrogen and oxygen atoms in total. The first-order chi connectivity index (χ1) is 12.6. The zero-order valence-corrected chi connectivity index (χ0v) is 16.6. The largest absolute Gasteiger partial charge is 0.459 e.